The van der Waals surface area contributed by atoms with Crippen LogP contribution in [0.15, 0.2) is 12.1 Å². The Kier molecular flexibility index (Phi) is 5.56. The van der Waals surface area contributed by atoms with Crippen LogP contribution in [0.25, 0.3) is 0 Å². The van der Waals surface area contributed by atoms with Gasteiger partial charge in [-0.25, -0.2) is 4.98 Å². The van der Waals surface area contributed by atoms with Crippen molar-refractivity contribution in [1.29, 1.82) is 0 Å². The molecule has 1 aliphatic rings. The number of aryl methyl sites for hydroxylation is 1. The molecule has 1 aliphatic heterocycles. The highest BCUT2D eigenvalue weighted by atomic mass is 16.5. The lowest BCUT2D eigenvalue weighted by atomic mass is 9.97. The maximum absolute atomic E-state index is 12.6. The van der Waals surface area contributed by atoms with E-state index in [4.69, 9.17) is 4.74 Å². The van der Waals surface area contributed by atoms with Crippen molar-refractivity contribution in [2.45, 2.75) is 26.2 Å². The van der Waals surface area contributed by atoms with Crippen LogP contribution in [0.2, 0.25) is 0 Å². The summed E-state index contributed by atoms with van der Waals surface area (Å²) in [6.45, 7) is 4.46. The minimum absolute atomic E-state index is 0.111. The number of ether oxygens (including phenoxy) is 1. The lowest BCUT2D eigenvalue weighted by Gasteiger charge is -2.31. The molecule has 0 unspecified atom stereocenters. The molecule has 21 heavy (non-hydrogen) atoms. The van der Waals surface area contributed by atoms with E-state index in [1.165, 1.54) is 0 Å². The normalized spacial score (nSPS) is 16.0. The Morgan fingerprint density at radius 1 is 1.43 bits per heavy atom. The smallest absolute Gasteiger partial charge is 0.254 e. The number of hydrogen-bond donors (Lipinski definition) is 1. The van der Waals surface area contributed by atoms with E-state index in [-0.39, 0.29) is 5.91 Å². The van der Waals surface area contributed by atoms with Crippen molar-refractivity contribution in [3.63, 3.8) is 0 Å². The van der Waals surface area contributed by atoms with Gasteiger partial charge in [0, 0.05) is 45.1 Å². The molecule has 1 saturated heterocycles. The van der Waals surface area contributed by atoms with Crippen LogP contribution in [0.3, 0.4) is 0 Å². The van der Waals surface area contributed by atoms with Gasteiger partial charge in [-0.3, -0.25) is 4.79 Å². The predicted octanol–water partition coefficient (Wildman–Crippen LogP) is 2.18. The zero-order valence-electron chi connectivity index (χ0n) is 13.2. The fourth-order valence-electron chi connectivity index (χ4n) is 2.74. The lowest BCUT2D eigenvalue weighted by Crippen LogP contribution is -2.39. The highest BCUT2D eigenvalue weighted by Gasteiger charge is 2.24. The molecule has 1 aromatic rings. The molecule has 2 rings (SSSR count). The van der Waals surface area contributed by atoms with Crippen molar-refractivity contribution in [1.82, 2.24) is 9.88 Å². The zero-order valence-corrected chi connectivity index (χ0v) is 13.2. The predicted molar refractivity (Wildman–Crippen MR) is 83.7 cm³/mol. The number of anilines is 1. The SMILES string of the molecule is CCc1cc(C(=O)N2CCC(COC)CC2)cc(NC)n1. The van der Waals surface area contributed by atoms with Crippen LogP contribution in [0.5, 0.6) is 0 Å². The van der Waals surface area contributed by atoms with E-state index in [1.807, 2.05) is 31.0 Å². The molecule has 2 heterocycles. The van der Waals surface area contributed by atoms with Crippen molar-refractivity contribution >= 4 is 11.7 Å². The highest BCUT2D eigenvalue weighted by molar-refractivity contribution is 5.95. The number of carbonyl (C=O) groups is 1. The van der Waals surface area contributed by atoms with Gasteiger partial charge in [-0.2, -0.15) is 0 Å². The third-order valence-electron chi connectivity index (χ3n) is 4.05. The molecule has 1 fully saturated rings. The van der Waals surface area contributed by atoms with Crippen LogP contribution in [0.4, 0.5) is 5.82 Å². The topological polar surface area (TPSA) is 54.5 Å². The summed E-state index contributed by atoms with van der Waals surface area (Å²) in [6, 6.07) is 3.74. The van der Waals surface area contributed by atoms with E-state index in [9.17, 15) is 4.79 Å². The van der Waals surface area contributed by atoms with Crippen molar-refractivity contribution in [2.75, 3.05) is 39.2 Å². The number of aromatic nitrogens is 1. The molecule has 0 aliphatic carbocycles. The van der Waals surface area contributed by atoms with Gasteiger partial charge in [-0.15, -0.1) is 0 Å². The summed E-state index contributed by atoms with van der Waals surface area (Å²) in [6.07, 6.45) is 2.86. The van der Waals surface area contributed by atoms with Gasteiger partial charge in [0.15, 0.2) is 0 Å². The molecule has 1 N–H and O–H groups in total. The number of nitrogens with one attached hydrogen (secondary N) is 1. The number of amides is 1. The first-order chi connectivity index (χ1) is 10.2. The maximum atomic E-state index is 12.6. The van der Waals surface area contributed by atoms with E-state index in [0.29, 0.717) is 5.92 Å². The summed E-state index contributed by atoms with van der Waals surface area (Å²) in [7, 11) is 3.56. The number of nitrogens with zero attached hydrogens (tertiary/aromatic N) is 2. The Balaban J connectivity index is 2.06. The molecule has 116 valence electrons. The quantitative estimate of drug-likeness (QED) is 0.903. The second-order valence-electron chi connectivity index (χ2n) is 5.53. The van der Waals surface area contributed by atoms with Gasteiger partial charge in [-0.05, 0) is 37.3 Å². The van der Waals surface area contributed by atoms with Crippen LogP contribution >= 0.6 is 0 Å². The largest absolute Gasteiger partial charge is 0.384 e. The van der Waals surface area contributed by atoms with E-state index < -0.39 is 0 Å². The molecule has 1 amide bonds. The van der Waals surface area contributed by atoms with E-state index in [2.05, 4.69) is 10.3 Å². The number of piperidine rings is 1. The second-order valence-corrected chi connectivity index (χ2v) is 5.53. The zero-order chi connectivity index (χ0) is 15.2. The van der Waals surface area contributed by atoms with Crippen LogP contribution in [-0.4, -0.2) is 49.6 Å². The van der Waals surface area contributed by atoms with Gasteiger partial charge < -0.3 is 15.0 Å². The van der Waals surface area contributed by atoms with Gasteiger partial charge in [0.1, 0.15) is 5.82 Å². The molecule has 1 aromatic heterocycles. The Morgan fingerprint density at radius 3 is 2.71 bits per heavy atom. The minimum atomic E-state index is 0.111. The molecule has 5 heteroatoms. The fraction of sp³-hybridized carbons (Fsp3) is 0.625. The van der Waals surface area contributed by atoms with Gasteiger partial charge >= 0.3 is 0 Å². The molecule has 5 nitrogen and oxygen atoms in total. The molecule has 0 bridgehead atoms. The van der Waals surface area contributed by atoms with E-state index >= 15 is 0 Å². The average molecular weight is 291 g/mol. The number of likely N-dealkylation sites (tertiary alicyclic amines) is 1. The van der Waals surface area contributed by atoms with Crippen molar-refractivity contribution in [3.05, 3.63) is 23.4 Å². The maximum Gasteiger partial charge on any atom is 0.254 e. The first-order valence-electron chi connectivity index (χ1n) is 7.64. The highest BCUT2D eigenvalue weighted by Crippen LogP contribution is 2.20. The standard InChI is InChI=1S/C16H25N3O2/c1-4-14-9-13(10-15(17-2)18-14)16(20)19-7-5-12(6-8-19)11-21-3/h9-10,12H,4-8,11H2,1-3H3,(H,17,18). The third kappa shape index (κ3) is 3.94. The number of hydrogen-bond acceptors (Lipinski definition) is 4. The molecule has 0 aromatic carbocycles. The van der Waals surface area contributed by atoms with Crippen molar-refractivity contribution < 1.29 is 9.53 Å². The lowest BCUT2D eigenvalue weighted by molar-refractivity contribution is 0.0613. The van der Waals surface area contributed by atoms with Gasteiger partial charge in [0.25, 0.3) is 5.91 Å². The molecule has 0 atom stereocenters. The van der Waals surface area contributed by atoms with E-state index in [1.54, 1.807) is 7.11 Å². The van der Waals surface area contributed by atoms with E-state index in [0.717, 1.165) is 56.0 Å². The average Bonchev–Trinajstić information content (AvgIpc) is 2.54. The first-order valence-corrected chi connectivity index (χ1v) is 7.64. The molecule has 0 spiro atoms. The molecular formula is C16H25N3O2. The molecule has 0 saturated carbocycles. The fourth-order valence-corrected chi connectivity index (χ4v) is 2.74. The van der Waals surface area contributed by atoms with Crippen LogP contribution < -0.4 is 5.32 Å². The first kappa shape index (κ1) is 15.8. The van der Waals surface area contributed by atoms with Gasteiger partial charge in [0.2, 0.25) is 0 Å². The molecule has 0 radical (unpaired) electrons. The summed E-state index contributed by atoms with van der Waals surface area (Å²) >= 11 is 0. The Morgan fingerprint density at radius 2 is 2.14 bits per heavy atom. The van der Waals surface area contributed by atoms with Crippen molar-refractivity contribution in [2.24, 2.45) is 5.92 Å². The number of pyridine rings is 1. The number of rotatable bonds is 5. The number of carbonyl (C=O) groups excluding carboxylic acids is 1. The van der Waals surface area contributed by atoms with Gasteiger partial charge in [-0.1, -0.05) is 6.92 Å². The second kappa shape index (κ2) is 7.41. The third-order valence-corrected chi connectivity index (χ3v) is 4.05. The molecular weight excluding hydrogens is 266 g/mol. The number of methoxy groups -OCH3 is 1. The Bertz CT molecular complexity index is 460. The summed E-state index contributed by atoms with van der Waals surface area (Å²) < 4.78 is 5.20. The minimum Gasteiger partial charge on any atom is -0.384 e. The summed E-state index contributed by atoms with van der Waals surface area (Å²) in [4.78, 5) is 19.0. The van der Waals surface area contributed by atoms with Crippen LogP contribution in [0.1, 0.15) is 35.8 Å². The van der Waals surface area contributed by atoms with Crippen molar-refractivity contribution in [3.8, 4) is 0 Å². The summed E-state index contributed by atoms with van der Waals surface area (Å²) in [5, 5.41) is 3.03. The summed E-state index contributed by atoms with van der Waals surface area (Å²) in [5.41, 5.74) is 1.68. The summed E-state index contributed by atoms with van der Waals surface area (Å²) in [5.74, 6) is 1.45. The monoisotopic (exact) mass is 291 g/mol. The van der Waals surface area contributed by atoms with Gasteiger partial charge in [0.05, 0.1) is 0 Å². The Hall–Kier alpha value is -1.62. The van der Waals surface area contributed by atoms with Crippen LogP contribution in [0, 0.1) is 5.92 Å². The van der Waals surface area contributed by atoms with Crippen LogP contribution in [-0.2, 0) is 11.2 Å². The Labute approximate surface area is 126 Å².